The maximum atomic E-state index is 11.4. The van der Waals surface area contributed by atoms with E-state index < -0.39 is 0 Å². The van der Waals surface area contributed by atoms with Gasteiger partial charge in [0, 0.05) is 12.3 Å². The molecule has 1 heterocycles. The van der Waals surface area contributed by atoms with Gasteiger partial charge in [0.1, 0.15) is 0 Å². The molecule has 1 unspecified atom stereocenters. The van der Waals surface area contributed by atoms with Gasteiger partial charge in [-0.3, -0.25) is 4.79 Å². The second kappa shape index (κ2) is 4.43. The summed E-state index contributed by atoms with van der Waals surface area (Å²) in [5.41, 5.74) is 0.738. The molecule has 0 aromatic heterocycles. The minimum atomic E-state index is -0.223. The Kier molecular flexibility index (Phi) is 3.50. The molecule has 0 aliphatic carbocycles. The van der Waals surface area contributed by atoms with E-state index >= 15 is 0 Å². The van der Waals surface area contributed by atoms with Crippen LogP contribution in [0.15, 0.2) is 4.99 Å². The molecule has 0 radical (unpaired) electrons. The number of aliphatic hydroxyl groups is 1. The molecule has 0 fully saturated rings. The van der Waals surface area contributed by atoms with E-state index in [-0.39, 0.29) is 23.5 Å². The van der Waals surface area contributed by atoms with Gasteiger partial charge in [-0.25, -0.2) is 4.99 Å². The van der Waals surface area contributed by atoms with Crippen LogP contribution in [0.25, 0.3) is 0 Å². The third kappa shape index (κ3) is 2.57. The molecule has 1 aliphatic rings. The summed E-state index contributed by atoms with van der Waals surface area (Å²) in [7, 11) is 0. The van der Waals surface area contributed by atoms with E-state index in [4.69, 9.17) is 17.3 Å². The van der Waals surface area contributed by atoms with Crippen molar-refractivity contribution in [3.63, 3.8) is 0 Å². The number of aliphatic imine (C=N–C) groups is 1. The summed E-state index contributed by atoms with van der Waals surface area (Å²) in [6, 6.07) is 0. The molecule has 72 valence electrons. The van der Waals surface area contributed by atoms with Gasteiger partial charge in [0.25, 0.3) is 0 Å². The number of thiocarbonyl (C=S) groups is 1. The molecule has 0 saturated carbocycles. The molecule has 0 spiro atoms. The van der Waals surface area contributed by atoms with Gasteiger partial charge >= 0.3 is 0 Å². The zero-order valence-electron chi connectivity index (χ0n) is 7.41. The molecule has 5 heteroatoms. The molecule has 2 N–H and O–H groups in total. The van der Waals surface area contributed by atoms with Crippen molar-refractivity contribution in [2.45, 2.75) is 19.8 Å². The third-order valence-corrected chi connectivity index (χ3v) is 2.17. The fourth-order valence-electron chi connectivity index (χ4n) is 1.28. The summed E-state index contributed by atoms with van der Waals surface area (Å²) in [5.74, 6) is -0.329. The van der Waals surface area contributed by atoms with Crippen LogP contribution < -0.4 is 5.32 Å². The summed E-state index contributed by atoms with van der Waals surface area (Å²) in [6.45, 7) is 1.88. The van der Waals surface area contributed by atoms with Crippen LogP contribution >= 0.6 is 12.2 Å². The number of carbonyl (C=O) groups excluding carboxylic acids is 1. The van der Waals surface area contributed by atoms with E-state index in [1.807, 2.05) is 0 Å². The molecule has 4 nitrogen and oxygen atoms in total. The Hall–Kier alpha value is -0.810. The van der Waals surface area contributed by atoms with Gasteiger partial charge in [0.2, 0.25) is 5.91 Å². The van der Waals surface area contributed by atoms with Gasteiger partial charge in [-0.05, 0) is 32.0 Å². The Balaban J connectivity index is 2.66. The van der Waals surface area contributed by atoms with Crippen LogP contribution in [0.1, 0.15) is 19.8 Å². The molecule has 1 aliphatic heterocycles. The van der Waals surface area contributed by atoms with Crippen LogP contribution in [0.4, 0.5) is 0 Å². The lowest BCUT2D eigenvalue weighted by molar-refractivity contribution is -0.121. The van der Waals surface area contributed by atoms with Crippen molar-refractivity contribution in [3.8, 4) is 0 Å². The molecule has 1 amide bonds. The number of hydrogen-bond donors (Lipinski definition) is 2. The minimum Gasteiger partial charge on any atom is -0.396 e. The van der Waals surface area contributed by atoms with E-state index in [0.717, 1.165) is 5.71 Å². The van der Waals surface area contributed by atoms with E-state index in [1.54, 1.807) is 6.92 Å². The number of amides is 1. The van der Waals surface area contributed by atoms with Gasteiger partial charge in [-0.1, -0.05) is 0 Å². The lowest BCUT2D eigenvalue weighted by Gasteiger charge is -2.20. The number of aliphatic hydroxyl groups excluding tert-OH is 1. The minimum absolute atomic E-state index is 0.0987. The number of nitrogens with zero attached hydrogens (tertiary/aromatic N) is 1. The van der Waals surface area contributed by atoms with Crippen molar-refractivity contribution in [3.05, 3.63) is 0 Å². The van der Waals surface area contributed by atoms with Crippen molar-refractivity contribution in [1.29, 1.82) is 0 Å². The molecule has 0 saturated heterocycles. The molecule has 0 bridgehead atoms. The highest BCUT2D eigenvalue weighted by Crippen LogP contribution is 2.12. The second-order valence-electron chi connectivity index (χ2n) is 2.97. The van der Waals surface area contributed by atoms with Crippen LogP contribution in [0.5, 0.6) is 0 Å². The fraction of sp³-hybridized carbons (Fsp3) is 0.625. The molecule has 1 atom stereocenters. The first-order valence-corrected chi connectivity index (χ1v) is 4.57. The number of rotatable bonds is 3. The number of nitrogens with one attached hydrogen (secondary N) is 1. The molecular weight excluding hydrogens is 188 g/mol. The lowest BCUT2D eigenvalue weighted by atomic mass is 9.96. The van der Waals surface area contributed by atoms with Gasteiger partial charge in [0.15, 0.2) is 5.11 Å². The second-order valence-corrected chi connectivity index (χ2v) is 3.35. The van der Waals surface area contributed by atoms with Crippen LogP contribution in [0, 0.1) is 5.92 Å². The average Bonchev–Trinajstić information content (AvgIpc) is 2.02. The van der Waals surface area contributed by atoms with Crippen LogP contribution in [0.2, 0.25) is 0 Å². The summed E-state index contributed by atoms with van der Waals surface area (Å²) in [6.07, 6.45) is 1.23. The predicted molar refractivity (Wildman–Crippen MR) is 53.7 cm³/mol. The lowest BCUT2D eigenvalue weighted by Crippen LogP contribution is -2.42. The first kappa shape index (κ1) is 10.3. The molecule has 13 heavy (non-hydrogen) atoms. The fourth-order valence-corrected chi connectivity index (χ4v) is 1.53. The largest absolute Gasteiger partial charge is 0.396 e. The Morgan fingerprint density at radius 3 is 2.92 bits per heavy atom. The summed E-state index contributed by atoms with van der Waals surface area (Å²) in [5, 5.41) is 11.4. The molecule has 0 aromatic rings. The standard InChI is InChI=1S/C8H12N2O2S/c1-5-6(3-2-4-11)7(12)10-8(13)9-5/h6,11H,2-4H2,1H3,(H,10,12,13). The molecule has 0 aromatic carbocycles. The maximum Gasteiger partial charge on any atom is 0.234 e. The first-order valence-electron chi connectivity index (χ1n) is 4.16. The summed E-state index contributed by atoms with van der Waals surface area (Å²) in [4.78, 5) is 15.4. The van der Waals surface area contributed by atoms with Crippen molar-refractivity contribution < 1.29 is 9.90 Å². The predicted octanol–water partition coefficient (Wildman–Crippen LogP) is 0.251. The SMILES string of the molecule is CC1=NC(=S)NC(=O)C1CCCO. The van der Waals surface area contributed by atoms with Crippen molar-refractivity contribution in [1.82, 2.24) is 5.32 Å². The average molecular weight is 200 g/mol. The Bertz CT molecular complexity index is 263. The highest BCUT2D eigenvalue weighted by atomic mass is 32.1. The Morgan fingerprint density at radius 2 is 2.38 bits per heavy atom. The Morgan fingerprint density at radius 1 is 1.69 bits per heavy atom. The summed E-state index contributed by atoms with van der Waals surface area (Å²) < 4.78 is 0. The van der Waals surface area contributed by atoms with Crippen molar-refractivity contribution in [2.75, 3.05) is 6.61 Å². The van der Waals surface area contributed by atoms with Gasteiger partial charge in [-0.2, -0.15) is 0 Å². The van der Waals surface area contributed by atoms with Crippen LogP contribution in [0.3, 0.4) is 0 Å². The topological polar surface area (TPSA) is 61.7 Å². The number of carbonyl (C=O) groups is 1. The van der Waals surface area contributed by atoms with Crippen molar-refractivity contribution in [2.24, 2.45) is 10.9 Å². The monoisotopic (exact) mass is 200 g/mol. The third-order valence-electron chi connectivity index (χ3n) is 1.98. The van der Waals surface area contributed by atoms with Crippen LogP contribution in [-0.4, -0.2) is 28.4 Å². The van der Waals surface area contributed by atoms with E-state index in [1.165, 1.54) is 0 Å². The highest BCUT2D eigenvalue weighted by molar-refractivity contribution is 7.80. The smallest absolute Gasteiger partial charge is 0.234 e. The van der Waals surface area contributed by atoms with Crippen molar-refractivity contribution >= 4 is 28.9 Å². The van der Waals surface area contributed by atoms with Crippen LogP contribution in [-0.2, 0) is 4.79 Å². The molecule has 1 rings (SSSR count). The Labute approximate surface area is 82.0 Å². The maximum absolute atomic E-state index is 11.4. The zero-order chi connectivity index (χ0) is 9.84. The zero-order valence-corrected chi connectivity index (χ0v) is 8.23. The number of hydrogen-bond acceptors (Lipinski definition) is 3. The highest BCUT2D eigenvalue weighted by Gasteiger charge is 2.25. The van der Waals surface area contributed by atoms with E-state index in [2.05, 4.69) is 10.3 Å². The van der Waals surface area contributed by atoms with E-state index in [0.29, 0.717) is 12.8 Å². The molecular formula is C8H12N2O2S. The first-order chi connectivity index (χ1) is 6.15. The van der Waals surface area contributed by atoms with E-state index in [9.17, 15) is 4.79 Å². The van der Waals surface area contributed by atoms with Gasteiger partial charge in [-0.15, -0.1) is 0 Å². The normalized spacial score (nSPS) is 22.6. The van der Waals surface area contributed by atoms with Gasteiger partial charge < -0.3 is 10.4 Å². The summed E-state index contributed by atoms with van der Waals surface area (Å²) >= 11 is 4.76. The van der Waals surface area contributed by atoms with Gasteiger partial charge in [0.05, 0.1) is 5.92 Å². The quantitative estimate of drug-likeness (QED) is 0.642.